The van der Waals surface area contributed by atoms with Crippen molar-refractivity contribution in [3.63, 3.8) is 0 Å². The summed E-state index contributed by atoms with van der Waals surface area (Å²) >= 11 is 35.1. The summed E-state index contributed by atoms with van der Waals surface area (Å²) in [5.74, 6) is -1.33. The molecule has 4 aromatic carbocycles. The van der Waals surface area contributed by atoms with Gasteiger partial charge in [-0.25, -0.2) is 9.98 Å². The van der Waals surface area contributed by atoms with E-state index in [0.717, 1.165) is 77.3 Å². The van der Waals surface area contributed by atoms with Crippen LogP contribution in [-0.2, 0) is 25.6 Å². The summed E-state index contributed by atoms with van der Waals surface area (Å²) in [6.07, 6.45) is 0. The molecule has 0 radical (unpaired) electrons. The fraction of sp³-hybridized carbons (Fsp3) is 0.106. The van der Waals surface area contributed by atoms with Crippen LogP contribution in [0.25, 0.3) is 11.1 Å². The molecule has 2 N–H and O–H groups in total. The fourth-order valence-electron chi connectivity index (χ4n) is 7.82. The van der Waals surface area contributed by atoms with Crippen molar-refractivity contribution in [2.75, 3.05) is 21.3 Å². The Labute approximate surface area is 440 Å². The summed E-state index contributed by atoms with van der Waals surface area (Å²) in [7, 11) is 4.93. The molecule has 63 heavy (non-hydrogen) atoms. The lowest BCUT2D eigenvalue weighted by molar-refractivity contribution is -0.160. The van der Waals surface area contributed by atoms with Crippen LogP contribution in [-0.4, -0.2) is 41.6 Å². The Morgan fingerprint density at radius 1 is 0.444 bits per heavy atom. The second kappa shape index (κ2) is 19.7. The van der Waals surface area contributed by atoms with Crippen molar-refractivity contribution in [1.29, 1.82) is 0 Å². The number of methoxy groups -OCH3 is 3. The van der Waals surface area contributed by atoms with Gasteiger partial charge in [0.2, 0.25) is 5.79 Å². The maximum atomic E-state index is 6.91. The van der Waals surface area contributed by atoms with Crippen LogP contribution in [0.1, 0.15) is 45.0 Å². The van der Waals surface area contributed by atoms with Gasteiger partial charge in [0.15, 0.2) is 5.60 Å². The van der Waals surface area contributed by atoms with Gasteiger partial charge in [-0.2, -0.15) is 0 Å². The molecule has 0 spiro atoms. The van der Waals surface area contributed by atoms with Crippen LogP contribution in [0.3, 0.4) is 0 Å². The Morgan fingerprint density at radius 3 is 1.24 bits per heavy atom. The van der Waals surface area contributed by atoms with E-state index in [4.69, 9.17) is 24.2 Å². The van der Waals surface area contributed by atoms with Crippen molar-refractivity contribution in [3.05, 3.63) is 214 Å². The lowest BCUT2D eigenvalue weighted by Crippen LogP contribution is -2.39. The standard InChI is InChI=1S/C47H31Br9N4O3/c1-61-46(26-20-12-6-13-21-26,43-35(53)31(49)39(58-43)29(25-18-10-5-11-19-25)41-33(51)37(55)45(56)60-41)42-34(52)30(48)38(57-42)28(24-16-8-4-9-17-24)40-32(50)36(54)44(59-40)47(62-2,63-3)27-22-14-7-15-23-27/h4-23,57-58H,1-3H3/b40-28+,41-29-/t46-/m0/s1. The number of benzene rings is 4. The first-order valence-electron chi connectivity index (χ1n) is 18.8. The zero-order chi connectivity index (χ0) is 44.8. The first-order valence-corrected chi connectivity index (χ1v) is 26.0. The minimum Gasteiger partial charge on any atom is -0.361 e. The van der Waals surface area contributed by atoms with Crippen LogP contribution in [0.2, 0.25) is 0 Å². The molecule has 320 valence electrons. The second-order valence-electron chi connectivity index (χ2n) is 13.9. The molecule has 0 bridgehead atoms. The molecule has 4 heterocycles. The van der Waals surface area contributed by atoms with Crippen LogP contribution in [0.5, 0.6) is 0 Å². The lowest BCUT2D eigenvalue weighted by Gasteiger charge is -2.33. The first kappa shape index (κ1) is 47.4. The quantitative estimate of drug-likeness (QED) is 0.120. The van der Waals surface area contributed by atoms with Gasteiger partial charge in [-0.05, 0) is 160 Å². The van der Waals surface area contributed by atoms with Gasteiger partial charge in [-0.1, -0.05) is 121 Å². The molecule has 0 fully saturated rings. The summed E-state index contributed by atoms with van der Waals surface area (Å²) in [6.45, 7) is 0. The SMILES string of the molecule is COC(OC)(C1=N/C(=C(\c2ccccc2)c2[nH]c([C@@](OC)(c3ccccc3)c3[nH]c(/C(=C4\N=C(Br)C(Br)=C4Br)c4ccccc4)c(Br)c3Br)c(Br)c2Br)C(Br)=C1Br)c1ccccc1. The zero-order valence-electron chi connectivity index (χ0n) is 33.1. The normalized spacial score (nSPS) is 17.0. The highest BCUT2D eigenvalue weighted by molar-refractivity contribution is 9.21. The minimum absolute atomic E-state index is 0.537. The fourth-order valence-corrected chi connectivity index (χ4v) is 12.4. The molecule has 0 unspecified atom stereocenters. The van der Waals surface area contributed by atoms with Gasteiger partial charge in [0.1, 0.15) is 10.3 Å². The molecule has 8 rings (SSSR count). The van der Waals surface area contributed by atoms with E-state index in [9.17, 15) is 0 Å². The average Bonchev–Trinajstić information content (AvgIpc) is 3.98. The monoisotopic (exact) mass is 1410 g/mol. The summed E-state index contributed by atoms with van der Waals surface area (Å²) in [5, 5.41) is 0. The Hall–Kier alpha value is -2.06. The van der Waals surface area contributed by atoms with E-state index in [0.29, 0.717) is 36.4 Å². The molecule has 0 aliphatic carbocycles. The molecule has 2 aliphatic heterocycles. The van der Waals surface area contributed by atoms with Gasteiger partial charge in [-0.3, -0.25) is 0 Å². The lowest BCUT2D eigenvalue weighted by atomic mass is 9.87. The summed E-state index contributed by atoms with van der Waals surface area (Å²) in [5.41, 5.74) is 8.64. The molecular formula is C47H31Br9N4O3. The zero-order valence-corrected chi connectivity index (χ0v) is 47.3. The van der Waals surface area contributed by atoms with E-state index in [1.807, 2.05) is 84.9 Å². The largest absolute Gasteiger partial charge is 0.361 e. The van der Waals surface area contributed by atoms with Crippen LogP contribution in [0, 0.1) is 0 Å². The Bertz CT molecular complexity index is 2940. The van der Waals surface area contributed by atoms with Crippen molar-refractivity contribution >= 4 is 165 Å². The number of halogens is 9. The number of aromatic amines is 2. The smallest absolute Gasteiger partial charge is 0.240 e. The van der Waals surface area contributed by atoms with E-state index >= 15 is 0 Å². The maximum absolute atomic E-state index is 6.91. The van der Waals surface area contributed by atoms with Gasteiger partial charge >= 0.3 is 0 Å². The summed E-state index contributed by atoms with van der Waals surface area (Å²) in [4.78, 5) is 18.0. The number of hydrogen-bond acceptors (Lipinski definition) is 5. The third-order valence-corrected chi connectivity index (χ3v) is 20.2. The number of aliphatic imine (C=N–C) groups is 2. The van der Waals surface area contributed by atoms with Crippen LogP contribution in [0.15, 0.2) is 179 Å². The minimum atomic E-state index is -1.33. The molecule has 0 saturated carbocycles. The summed E-state index contributed by atoms with van der Waals surface area (Å²) < 4.78 is 26.0. The number of ether oxygens (including phenoxy) is 3. The van der Waals surface area contributed by atoms with Gasteiger partial charge in [-0.15, -0.1) is 0 Å². The maximum Gasteiger partial charge on any atom is 0.240 e. The van der Waals surface area contributed by atoms with E-state index in [-0.39, 0.29) is 0 Å². The van der Waals surface area contributed by atoms with Crippen molar-refractivity contribution in [2.24, 2.45) is 9.98 Å². The van der Waals surface area contributed by atoms with Crippen molar-refractivity contribution < 1.29 is 14.2 Å². The number of nitrogens with one attached hydrogen (secondary N) is 2. The highest BCUT2D eigenvalue weighted by Gasteiger charge is 2.47. The van der Waals surface area contributed by atoms with E-state index in [2.05, 4.69) is 190 Å². The highest BCUT2D eigenvalue weighted by Crippen LogP contribution is 2.54. The number of aromatic nitrogens is 2. The Morgan fingerprint density at radius 2 is 0.841 bits per heavy atom. The number of allylic oxidation sites excluding steroid dienone is 3. The van der Waals surface area contributed by atoms with E-state index < -0.39 is 11.4 Å². The number of hydrogen-bond donors (Lipinski definition) is 2. The molecule has 2 aromatic heterocycles. The molecule has 6 aromatic rings. The Balaban J connectivity index is 1.42. The first-order chi connectivity index (χ1) is 30.4. The van der Waals surface area contributed by atoms with E-state index in [1.54, 1.807) is 21.3 Å². The Kier molecular flexibility index (Phi) is 14.8. The predicted octanol–water partition coefficient (Wildman–Crippen LogP) is 16.3. The van der Waals surface area contributed by atoms with Gasteiger partial charge < -0.3 is 24.2 Å². The number of rotatable bonds is 12. The third kappa shape index (κ3) is 8.17. The molecular weight excluding hydrogens is 1390 g/mol. The molecule has 1 atom stereocenters. The molecule has 0 saturated heterocycles. The topological polar surface area (TPSA) is 84.0 Å². The highest BCUT2D eigenvalue weighted by atomic mass is 79.9. The van der Waals surface area contributed by atoms with Crippen LogP contribution < -0.4 is 0 Å². The van der Waals surface area contributed by atoms with Crippen molar-refractivity contribution in [1.82, 2.24) is 9.97 Å². The van der Waals surface area contributed by atoms with Gasteiger partial charge in [0.05, 0.1) is 70.0 Å². The van der Waals surface area contributed by atoms with E-state index in [1.165, 1.54) is 0 Å². The van der Waals surface area contributed by atoms with Crippen LogP contribution in [0.4, 0.5) is 0 Å². The van der Waals surface area contributed by atoms with Crippen LogP contribution >= 0.6 is 143 Å². The van der Waals surface area contributed by atoms with Crippen molar-refractivity contribution in [3.8, 4) is 0 Å². The molecule has 0 amide bonds. The number of H-pyrrole nitrogens is 2. The third-order valence-electron chi connectivity index (χ3n) is 10.7. The summed E-state index contributed by atoms with van der Waals surface area (Å²) in [6, 6.07) is 40.1. The molecule has 7 nitrogen and oxygen atoms in total. The predicted molar refractivity (Wildman–Crippen MR) is 286 cm³/mol. The average molecular weight is 1420 g/mol. The molecule has 16 heteroatoms. The van der Waals surface area contributed by atoms with Crippen molar-refractivity contribution in [2.45, 2.75) is 11.4 Å². The van der Waals surface area contributed by atoms with Gasteiger partial charge in [0.25, 0.3) is 0 Å². The second-order valence-corrected chi connectivity index (χ2v) is 21.0. The number of nitrogens with zero attached hydrogens (tertiary/aromatic N) is 2. The van der Waals surface area contributed by atoms with Gasteiger partial charge in [0, 0.05) is 38.0 Å². The molecule has 2 aliphatic rings.